The molecule has 1 unspecified atom stereocenters. The number of amidine groups is 1. The molecule has 2 heterocycles. The van der Waals surface area contributed by atoms with Crippen molar-refractivity contribution in [3.05, 3.63) is 48.1 Å². The monoisotopic (exact) mass is 320 g/mol. The molecule has 0 saturated heterocycles. The number of hydrogen-bond acceptors (Lipinski definition) is 5. The zero-order valence-electron chi connectivity index (χ0n) is 11.9. The molecule has 1 aromatic heterocycles. The molecular formula is C15H14F2N4S. The molecule has 0 amide bonds. The fraction of sp³-hybridized carbons (Fsp3) is 0.267. The summed E-state index contributed by atoms with van der Waals surface area (Å²) in [6.45, 7) is 2.41. The second-order valence-electron chi connectivity index (χ2n) is 5.24. The normalized spacial score (nSPS) is 21.5. The van der Waals surface area contributed by atoms with E-state index in [9.17, 15) is 8.78 Å². The van der Waals surface area contributed by atoms with Gasteiger partial charge in [-0.05, 0) is 19.4 Å². The molecule has 7 heteroatoms. The molecule has 2 N–H and O–H groups in total. The van der Waals surface area contributed by atoms with Crippen LogP contribution in [0.1, 0.15) is 18.9 Å². The summed E-state index contributed by atoms with van der Waals surface area (Å²) >= 11 is 1.30. The fourth-order valence-electron chi connectivity index (χ4n) is 2.50. The van der Waals surface area contributed by atoms with E-state index in [-0.39, 0.29) is 5.56 Å². The summed E-state index contributed by atoms with van der Waals surface area (Å²) < 4.78 is 27.9. The molecule has 1 atom stereocenters. The smallest absolute Gasteiger partial charge is 0.154 e. The molecule has 0 fully saturated rings. The highest BCUT2D eigenvalue weighted by Gasteiger charge is 2.34. The lowest BCUT2D eigenvalue weighted by molar-refractivity contribution is 0.536. The Hall–Kier alpha value is -2.02. The van der Waals surface area contributed by atoms with E-state index >= 15 is 0 Å². The molecule has 1 aliphatic heterocycles. The van der Waals surface area contributed by atoms with Crippen molar-refractivity contribution in [1.82, 2.24) is 9.97 Å². The summed E-state index contributed by atoms with van der Waals surface area (Å²) in [4.78, 5) is 11.9. The zero-order valence-corrected chi connectivity index (χ0v) is 12.7. The number of nitrogens with zero attached hydrogens (tertiary/aromatic N) is 3. The van der Waals surface area contributed by atoms with E-state index in [1.165, 1.54) is 36.5 Å². The standard InChI is InChI=1S/C15H14F2N4S/c1-15(2-3-21-14(18)22-15)11-4-10(12(16)5-13(11)17)9-6-19-8-20-7-9/h4-8H,2-3H2,1H3,(H2,18,21). The van der Waals surface area contributed by atoms with Gasteiger partial charge >= 0.3 is 0 Å². The van der Waals surface area contributed by atoms with Crippen molar-refractivity contribution in [2.24, 2.45) is 10.7 Å². The van der Waals surface area contributed by atoms with Gasteiger partial charge in [0.2, 0.25) is 0 Å². The van der Waals surface area contributed by atoms with Crippen LogP contribution in [0.25, 0.3) is 11.1 Å². The summed E-state index contributed by atoms with van der Waals surface area (Å²) in [7, 11) is 0. The van der Waals surface area contributed by atoms with E-state index in [0.717, 1.165) is 6.07 Å². The van der Waals surface area contributed by atoms with Crippen molar-refractivity contribution in [3.63, 3.8) is 0 Å². The third kappa shape index (κ3) is 2.68. The van der Waals surface area contributed by atoms with Crippen LogP contribution in [0.15, 0.2) is 35.8 Å². The average molecular weight is 320 g/mol. The average Bonchev–Trinajstić information content (AvgIpc) is 2.47. The van der Waals surface area contributed by atoms with E-state index in [0.29, 0.717) is 29.3 Å². The lowest BCUT2D eigenvalue weighted by atomic mass is 9.92. The third-order valence-electron chi connectivity index (χ3n) is 3.68. The summed E-state index contributed by atoms with van der Waals surface area (Å²) in [6, 6.07) is 2.43. The zero-order chi connectivity index (χ0) is 15.7. The second-order valence-corrected chi connectivity index (χ2v) is 6.77. The Labute approximate surface area is 130 Å². The van der Waals surface area contributed by atoms with E-state index in [2.05, 4.69) is 15.0 Å². The summed E-state index contributed by atoms with van der Waals surface area (Å²) in [5, 5.41) is 0.419. The van der Waals surface area contributed by atoms with Crippen LogP contribution in [0.4, 0.5) is 8.78 Å². The van der Waals surface area contributed by atoms with E-state index in [4.69, 9.17) is 5.73 Å². The van der Waals surface area contributed by atoms with Crippen molar-refractivity contribution in [2.45, 2.75) is 18.1 Å². The Balaban J connectivity index is 2.11. The van der Waals surface area contributed by atoms with Gasteiger partial charge in [0, 0.05) is 41.7 Å². The van der Waals surface area contributed by atoms with Crippen LogP contribution >= 0.6 is 11.8 Å². The van der Waals surface area contributed by atoms with Gasteiger partial charge in [-0.1, -0.05) is 11.8 Å². The first kappa shape index (κ1) is 14.9. The minimum Gasteiger partial charge on any atom is -0.379 e. The molecular weight excluding hydrogens is 306 g/mol. The number of hydrogen-bond donors (Lipinski definition) is 1. The van der Waals surface area contributed by atoms with Gasteiger partial charge in [-0.25, -0.2) is 18.7 Å². The van der Waals surface area contributed by atoms with Crippen LogP contribution in [-0.2, 0) is 4.75 Å². The molecule has 0 saturated carbocycles. The van der Waals surface area contributed by atoms with E-state index < -0.39 is 16.4 Å². The number of aromatic nitrogens is 2. The van der Waals surface area contributed by atoms with Gasteiger partial charge < -0.3 is 5.73 Å². The summed E-state index contributed by atoms with van der Waals surface area (Å²) in [5.74, 6) is -1.22. The number of halogens is 2. The molecule has 0 spiro atoms. The largest absolute Gasteiger partial charge is 0.379 e. The number of rotatable bonds is 2. The first-order chi connectivity index (χ1) is 10.5. The highest BCUT2D eigenvalue weighted by molar-refractivity contribution is 8.14. The van der Waals surface area contributed by atoms with Gasteiger partial charge in [0.1, 0.15) is 18.0 Å². The fourth-order valence-corrected chi connectivity index (χ4v) is 3.57. The lowest BCUT2D eigenvalue weighted by Gasteiger charge is -2.32. The maximum atomic E-state index is 14.3. The number of thioether (sulfide) groups is 1. The van der Waals surface area contributed by atoms with Gasteiger partial charge in [0.05, 0.1) is 4.75 Å². The summed E-state index contributed by atoms with van der Waals surface area (Å²) in [6.07, 6.45) is 4.99. The topological polar surface area (TPSA) is 64.2 Å². The second kappa shape index (κ2) is 5.64. The number of aliphatic imine (C=N–C) groups is 1. The predicted octanol–water partition coefficient (Wildman–Crippen LogP) is 3.09. The van der Waals surface area contributed by atoms with Crippen molar-refractivity contribution < 1.29 is 8.78 Å². The highest BCUT2D eigenvalue weighted by atomic mass is 32.2. The molecule has 0 bridgehead atoms. The lowest BCUT2D eigenvalue weighted by Crippen LogP contribution is -2.29. The van der Waals surface area contributed by atoms with Crippen molar-refractivity contribution in [2.75, 3.05) is 6.54 Å². The van der Waals surface area contributed by atoms with Crippen molar-refractivity contribution in [3.8, 4) is 11.1 Å². The number of benzene rings is 1. The van der Waals surface area contributed by atoms with Gasteiger partial charge in [-0.15, -0.1) is 0 Å². The quantitative estimate of drug-likeness (QED) is 0.923. The molecule has 1 aromatic carbocycles. The van der Waals surface area contributed by atoms with Crippen LogP contribution < -0.4 is 5.73 Å². The van der Waals surface area contributed by atoms with E-state index in [1.54, 1.807) is 0 Å². The first-order valence-electron chi connectivity index (χ1n) is 6.73. The molecule has 0 aliphatic carbocycles. The number of nitrogens with two attached hydrogens (primary N) is 1. The van der Waals surface area contributed by atoms with Crippen LogP contribution in [0.5, 0.6) is 0 Å². The maximum absolute atomic E-state index is 14.3. The minimum atomic E-state index is -0.637. The molecule has 4 nitrogen and oxygen atoms in total. The summed E-state index contributed by atoms with van der Waals surface area (Å²) in [5.41, 5.74) is 6.97. The van der Waals surface area contributed by atoms with Crippen molar-refractivity contribution >= 4 is 16.9 Å². The van der Waals surface area contributed by atoms with Gasteiger partial charge in [0.25, 0.3) is 0 Å². The van der Waals surface area contributed by atoms with Crippen LogP contribution in [0.2, 0.25) is 0 Å². The Kier molecular flexibility index (Phi) is 3.82. The Morgan fingerprint density at radius 2 is 1.91 bits per heavy atom. The highest BCUT2D eigenvalue weighted by Crippen LogP contribution is 2.44. The van der Waals surface area contributed by atoms with Crippen LogP contribution in [0.3, 0.4) is 0 Å². The first-order valence-corrected chi connectivity index (χ1v) is 7.55. The molecule has 1 aliphatic rings. The molecule has 114 valence electrons. The SMILES string of the molecule is CC1(c2cc(-c3cncnc3)c(F)cc2F)CCN=C(N)S1. The van der Waals surface area contributed by atoms with Crippen LogP contribution in [0, 0.1) is 11.6 Å². The molecule has 22 heavy (non-hydrogen) atoms. The molecule has 3 rings (SSSR count). The Bertz CT molecular complexity index is 736. The van der Waals surface area contributed by atoms with Gasteiger partial charge in [-0.2, -0.15) is 0 Å². The van der Waals surface area contributed by atoms with E-state index in [1.807, 2.05) is 6.92 Å². The molecule has 0 radical (unpaired) electrons. The van der Waals surface area contributed by atoms with Gasteiger partial charge in [-0.3, -0.25) is 4.99 Å². The minimum absolute atomic E-state index is 0.278. The maximum Gasteiger partial charge on any atom is 0.154 e. The Morgan fingerprint density at radius 3 is 2.59 bits per heavy atom. The van der Waals surface area contributed by atoms with Gasteiger partial charge in [0.15, 0.2) is 5.17 Å². The predicted molar refractivity (Wildman–Crippen MR) is 83.4 cm³/mol. The van der Waals surface area contributed by atoms with Crippen LogP contribution in [-0.4, -0.2) is 21.7 Å². The molecule has 2 aromatic rings. The van der Waals surface area contributed by atoms with Crippen molar-refractivity contribution in [1.29, 1.82) is 0 Å². The third-order valence-corrected chi connectivity index (χ3v) is 4.90. The Morgan fingerprint density at radius 1 is 1.18 bits per heavy atom.